The molecule has 1 atom stereocenters. The van der Waals surface area contributed by atoms with Crippen LogP contribution >= 0.6 is 15.9 Å². The fourth-order valence-corrected chi connectivity index (χ4v) is 3.08. The van der Waals surface area contributed by atoms with E-state index < -0.39 is 0 Å². The van der Waals surface area contributed by atoms with E-state index in [1.54, 1.807) is 6.07 Å². The third kappa shape index (κ3) is 4.35. The number of nitrogens with one attached hydrogen (secondary N) is 1. The van der Waals surface area contributed by atoms with E-state index in [0.29, 0.717) is 6.42 Å². The molecule has 1 N–H and O–H groups in total. The van der Waals surface area contributed by atoms with Crippen LogP contribution in [0.25, 0.3) is 0 Å². The molecule has 2 aromatic rings. The van der Waals surface area contributed by atoms with Gasteiger partial charge in [0.05, 0.1) is 11.7 Å². The largest absolute Gasteiger partial charge is 0.309 e. The van der Waals surface area contributed by atoms with Crippen molar-refractivity contribution in [2.24, 2.45) is 0 Å². The summed E-state index contributed by atoms with van der Waals surface area (Å²) in [5.74, 6) is -0.219. The van der Waals surface area contributed by atoms with Crippen molar-refractivity contribution in [3.05, 3.63) is 63.1 Å². The molecular weight excluding hydrogens is 331 g/mol. The molecule has 0 amide bonds. The van der Waals surface area contributed by atoms with E-state index >= 15 is 0 Å². The number of halogens is 2. The van der Waals surface area contributed by atoms with Gasteiger partial charge in [-0.3, -0.25) is 4.98 Å². The molecule has 0 aliphatic carbocycles. The first-order chi connectivity index (χ1) is 9.99. The molecule has 1 aromatic heterocycles. The van der Waals surface area contributed by atoms with Crippen molar-refractivity contribution in [1.29, 1.82) is 0 Å². The third-order valence-electron chi connectivity index (χ3n) is 3.40. The topological polar surface area (TPSA) is 24.9 Å². The smallest absolute Gasteiger partial charge is 0.124 e. The van der Waals surface area contributed by atoms with Crippen molar-refractivity contribution in [3.8, 4) is 0 Å². The van der Waals surface area contributed by atoms with Gasteiger partial charge >= 0.3 is 0 Å². The van der Waals surface area contributed by atoms with Crippen molar-refractivity contribution in [3.63, 3.8) is 0 Å². The standard InChI is InChI=1S/C17H20BrFN2/c1-4-20-16(17-12(3)5-11(2)10-21-17)8-13-6-14(18)9-15(19)7-13/h5-7,9-10,16,20H,4,8H2,1-3H3. The SMILES string of the molecule is CCNC(Cc1cc(F)cc(Br)c1)c1ncc(C)cc1C. The normalized spacial score (nSPS) is 12.4. The molecule has 1 unspecified atom stereocenters. The number of likely N-dealkylation sites (N-methyl/N-ethyl adjacent to an activating group) is 1. The first kappa shape index (κ1) is 16.1. The number of aromatic nitrogens is 1. The molecule has 0 bridgehead atoms. The van der Waals surface area contributed by atoms with Crippen LogP contribution in [0.1, 0.15) is 35.3 Å². The molecular formula is C17H20BrFN2. The number of hydrogen-bond donors (Lipinski definition) is 1. The summed E-state index contributed by atoms with van der Waals surface area (Å²) in [6, 6.07) is 7.23. The highest BCUT2D eigenvalue weighted by Crippen LogP contribution is 2.23. The summed E-state index contributed by atoms with van der Waals surface area (Å²) in [4.78, 5) is 4.57. The summed E-state index contributed by atoms with van der Waals surface area (Å²) >= 11 is 3.35. The molecule has 1 heterocycles. The van der Waals surface area contributed by atoms with Crippen LogP contribution in [0.3, 0.4) is 0 Å². The zero-order valence-corrected chi connectivity index (χ0v) is 14.2. The van der Waals surface area contributed by atoms with E-state index in [1.807, 2.05) is 19.2 Å². The molecule has 21 heavy (non-hydrogen) atoms. The maximum atomic E-state index is 13.5. The van der Waals surface area contributed by atoms with Gasteiger partial charge in [-0.05, 0) is 61.7 Å². The average molecular weight is 351 g/mol. The Hall–Kier alpha value is -1.26. The van der Waals surface area contributed by atoms with Gasteiger partial charge < -0.3 is 5.32 Å². The number of aryl methyl sites for hydroxylation is 2. The zero-order chi connectivity index (χ0) is 15.4. The molecule has 2 rings (SSSR count). The summed E-state index contributed by atoms with van der Waals surface area (Å²) in [6.07, 6.45) is 2.59. The fraction of sp³-hybridized carbons (Fsp3) is 0.353. The van der Waals surface area contributed by atoms with Gasteiger partial charge in [0.2, 0.25) is 0 Å². The molecule has 0 aliphatic heterocycles. The summed E-state index contributed by atoms with van der Waals surface area (Å²) in [5.41, 5.74) is 4.30. The van der Waals surface area contributed by atoms with Crippen LogP contribution in [0.4, 0.5) is 4.39 Å². The summed E-state index contributed by atoms with van der Waals surface area (Å²) in [5, 5.41) is 3.45. The predicted molar refractivity (Wildman–Crippen MR) is 87.9 cm³/mol. The summed E-state index contributed by atoms with van der Waals surface area (Å²) in [7, 11) is 0. The lowest BCUT2D eigenvalue weighted by Gasteiger charge is -2.20. The van der Waals surface area contributed by atoms with Crippen LogP contribution in [0.15, 0.2) is 34.9 Å². The lowest BCUT2D eigenvalue weighted by molar-refractivity contribution is 0.531. The van der Waals surface area contributed by atoms with Gasteiger partial charge in [-0.15, -0.1) is 0 Å². The second-order valence-corrected chi connectivity index (χ2v) is 6.22. The van der Waals surface area contributed by atoms with Crippen molar-refractivity contribution in [2.45, 2.75) is 33.2 Å². The van der Waals surface area contributed by atoms with E-state index in [4.69, 9.17) is 0 Å². The molecule has 112 valence electrons. The van der Waals surface area contributed by atoms with Crippen LogP contribution in [0.2, 0.25) is 0 Å². The van der Waals surface area contributed by atoms with Crippen molar-refractivity contribution in [2.75, 3.05) is 6.54 Å². The Kier molecular flexibility index (Phi) is 5.48. The Bertz CT molecular complexity index is 608. The summed E-state index contributed by atoms with van der Waals surface area (Å²) in [6.45, 7) is 7.02. The zero-order valence-electron chi connectivity index (χ0n) is 12.6. The highest BCUT2D eigenvalue weighted by atomic mass is 79.9. The fourth-order valence-electron chi connectivity index (χ4n) is 2.57. The predicted octanol–water partition coefficient (Wildman–Crippen LogP) is 4.49. The number of hydrogen-bond acceptors (Lipinski definition) is 2. The van der Waals surface area contributed by atoms with Gasteiger partial charge in [-0.2, -0.15) is 0 Å². The Labute approximate surface area is 133 Å². The van der Waals surface area contributed by atoms with E-state index in [-0.39, 0.29) is 11.9 Å². The molecule has 4 heteroatoms. The molecule has 0 spiro atoms. The summed E-state index contributed by atoms with van der Waals surface area (Å²) < 4.78 is 14.3. The highest BCUT2D eigenvalue weighted by molar-refractivity contribution is 9.10. The molecule has 2 nitrogen and oxygen atoms in total. The van der Waals surface area contributed by atoms with Crippen LogP contribution in [0.5, 0.6) is 0 Å². The van der Waals surface area contributed by atoms with Gasteiger partial charge in [0.15, 0.2) is 0 Å². The minimum atomic E-state index is -0.219. The van der Waals surface area contributed by atoms with Crippen LogP contribution in [-0.4, -0.2) is 11.5 Å². The van der Waals surface area contributed by atoms with E-state index in [2.05, 4.69) is 46.1 Å². The van der Waals surface area contributed by atoms with Crippen LogP contribution < -0.4 is 5.32 Å². The van der Waals surface area contributed by atoms with Crippen molar-refractivity contribution >= 4 is 15.9 Å². The Morgan fingerprint density at radius 2 is 2.00 bits per heavy atom. The minimum Gasteiger partial charge on any atom is -0.309 e. The molecule has 0 aliphatic rings. The Morgan fingerprint density at radius 3 is 2.62 bits per heavy atom. The molecule has 0 fully saturated rings. The van der Waals surface area contributed by atoms with Gasteiger partial charge in [0.1, 0.15) is 5.82 Å². The van der Waals surface area contributed by atoms with Gasteiger partial charge in [0.25, 0.3) is 0 Å². The van der Waals surface area contributed by atoms with E-state index in [1.165, 1.54) is 6.07 Å². The monoisotopic (exact) mass is 350 g/mol. The lowest BCUT2D eigenvalue weighted by Crippen LogP contribution is -2.25. The number of nitrogens with zero attached hydrogens (tertiary/aromatic N) is 1. The quantitative estimate of drug-likeness (QED) is 0.858. The van der Waals surface area contributed by atoms with Gasteiger partial charge in [0, 0.05) is 10.7 Å². The maximum Gasteiger partial charge on any atom is 0.124 e. The molecule has 0 radical (unpaired) electrons. The third-order valence-corrected chi connectivity index (χ3v) is 3.86. The van der Waals surface area contributed by atoms with E-state index in [9.17, 15) is 4.39 Å². The first-order valence-corrected chi connectivity index (χ1v) is 7.90. The van der Waals surface area contributed by atoms with Gasteiger partial charge in [-0.25, -0.2) is 4.39 Å². The lowest BCUT2D eigenvalue weighted by atomic mass is 9.99. The molecule has 0 saturated heterocycles. The second-order valence-electron chi connectivity index (χ2n) is 5.31. The molecule has 1 aromatic carbocycles. The van der Waals surface area contributed by atoms with Gasteiger partial charge in [-0.1, -0.05) is 28.9 Å². The van der Waals surface area contributed by atoms with Crippen LogP contribution in [-0.2, 0) is 6.42 Å². The Balaban J connectivity index is 2.30. The molecule has 0 saturated carbocycles. The minimum absolute atomic E-state index is 0.0873. The number of pyridine rings is 1. The Morgan fingerprint density at radius 1 is 1.24 bits per heavy atom. The first-order valence-electron chi connectivity index (χ1n) is 7.11. The van der Waals surface area contributed by atoms with Crippen molar-refractivity contribution < 1.29 is 4.39 Å². The number of benzene rings is 1. The van der Waals surface area contributed by atoms with E-state index in [0.717, 1.165) is 33.4 Å². The number of rotatable bonds is 5. The van der Waals surface area contributed by atoms with Crippen molar-refractivity contribution in [1.82, 2.24) is 10.3 Å². The highest BCUT2D eigenvalue weighted by Gasteiger charge is 2.16. The van der Waals surface area contributed by atoms with Crippen LogP contribution in [0, 0.1) is 19.7 Å². The maximum absolute atomic E-state index is 13.5. The average Bonchev–Trinajstić information content (AvgIpc) is 2.37. The second kappa shape index (κ2) is 7.14.